The largest absolute Gasteiger partial charge is 0.481 e. The quantitative estimate of drug-likeness (QED) is 0.824. The van der Waals surface area contributed by atoms with Crippen molar-refractivity contribution in [3.8, 4) is 0 Å². The smallest absolute Gasteiger partial charge is 0.303 e. The number of carbonyl (C=O) groups is 2. The molecule has 0 fully saturated rings. The van der Waals surface area contributed by atoms with Crippen LogP contribution in [-0.2, 0) is 9.59 Å². The monoisotopic (exact) mass is 344 g/mol. The third-order valence-electron chi connectivity index (χ3n) is 3.38. The lowest BCUT2D eigenvalue weighted by Gasteiger charge is -1.93. The van der Waals surface area contributed by atoms with Crippen molar-refractivity contribution in [1.82, 2.24) is 0 Å². The average molecular weight is 344 g/mol. The molecule has 0 bridgehead atoms. The van der Waals surface area contributed by atoms with Crippen LogP contribution in [0, 0.1) is 27.7 Å². The van der Waals surface area contributed by atoms with E-state index in [1.807, 2.05) is 0 Å². The van der Waals surface area contributed by atoms with Crippen molar-refractivity contribution in [2.45, 2.75) is 47.0 Å². The Morgan fingerprint density at radius 3 is 1.36 bits per heavy atom. The van der Waals surface area contributed by atoms with Crippen LogP contribution in [0.15, 0.2) is 48.5 Å². The zero-order valence-electron chi connectivity index (χ0n) is 15.5. The zero-order valence-corrected chi connectivity index (χ0v) is 15.5. The van der Waals surface area contributed by atoms with Gasteiger partial charge in [-0.05, 0) is 45.2 Å². The first-order chi connectivity index (χ1) is 11.7. The fourth-order valence-electron chi connectivity index (χ4n) is 1.86. The molecule has 0 heterocycles. The standard InChI is InChI=1S/2C8H10.C5H8O4/c1-7-4-3-5-8(2)6-7;1-7-5-3-4-6-8(7)2;6-4(7)2-1-3-5(8)9/h2*3-6H,1-2H3;1-3H2,(H,6,7)(H,8,9). The molecule has 25 heavy (non-hydrogen) atoms. The number of aryl methyl sites for hydroxylation is 4. The number of benzene rings is 2. The molecule has 0 saturated carbocycles. The van der Waals surface area contributed by atoms with E-state index in [9.17, 15) is 9.59 Å². The summed E-state index contributed by atoms with van der Waals surface area (Å²) in [4.78, 5) is 19.6. The molecule has 0 spiro atoms. The Balaban J connectivity index is 0.000000346. The molecule has 0 radical (unpaired) electrons. The van der Waals surface area contributed by atoms with Gasteiger partial charge in [0.15, 0.2) is 0 Å². The van der Waals surface area contributed by atoms with Gasteiger partial charge in [0.25, 0.3) is 0 Å². The van der Waals surface area contributed by atoms with E-state index in [1.54, 1.807) is 0 Å². The molecule has 0 aliphatic carbocycles. The fraction of sp³-hybridized carbons (Fsp3) is 0.333. The maximum Gasteiger partial charge on any atom is 0.303 e. The van der Waals surface area contributed by atoms with Crippen molar-refractivity contribution >= 4 is 11.9 Å². The first-order valence-electron chi connectivity index (χ1n) is 8.21. The zero-order chi connectivity index (χ0) is 19.2. The molecule has 0 aliphatic rings. The summed E-state index contributed by atoms with van der Waals surface area (Å²) in [7, 11) is 0. The van der Waals surface area contributed by atoms with Crippen molar-refractivity contribution in [2.24, 2.45) is 0 Å². The molecule has 4 heteroatoms. The molecule has 0 saturated heterocycles. The van der Waals surface area contributed by atoms with Gasteiger partial charge >= 0.3 is 11.9 Å². The van der Waals surface area contributed by atoms with Gasteiger partial charge in [0.2, 0.25) is 0 Å². The van der Waals surface area contributed by atoms with Crippen LogP contribution in [0.5, 0.6) is 0 Å². The van der Waals surface area contributed by atoms with Crippen molar-refractivity contribution in [1.29, 1.82) is 0 Å². The maximum atomic E-state index is 9.79. The van der Waals surface area contributed by atoms with Crippen molar-refractivity contribution in [2.75, 3.05) is 0 Å². The van der Waals surface area contributed by atoms with Gasteiger partial charge < -0.3 is 10.2 Å². The molecular weight excluding hydrogens is 316 g/mol. The Morgan fingerprint density at radius 1 is 0.720 bits per heavy atom. The number of rotatable bonds is 4. The highest BCUT2D eigenvalue weighted by Crippen LogP contribution is 2.02. The molecule has 2 N–H and O–H groups in total. The van der Waals surface area contributed by atoms with Crippen LogP contribution < -0.4 is 0 Å². The van der Waals surface area contributed by atoms with Gasteiger partial charge in [-0.3, -0.25) is 9.59 Å². The minimum atomic E-state index is -0.948. The summed E-state index contributed by atoms with van der Waals surface area (Å²) in [6, 6.07) is 16.8. The number of hydrogen-bond donors (Lipinski definition) is 2. The Morgan fingerprint density at radius 2 is 1.12 bits per heavy atom. The second kappa shape index (κ2) is 12.8. The van der Waals surface area contributed by atoms with E-state index >= 15 is 0 Å². The lowest BCUT2D eigenvalue weighted by Crippen LogP contribution is -1.98. The topological polar surface area (TPSA) is 74.6 Å². The summed E-state index contributed by atoms with van der Waals surface area (Å²) in [6.07, 6.45) is 0.0866. The third kappa shape index (κ3) is 13.5. The lowest BCUT2D eigenvalue weighted by atomic mass is 10.1. The van der Waals surface area contributed by atoms with Crippen molar-refractivity contribution < 1.29 is 19.8 Å². The van der Waals surface area contributed by atoms with Crippen molar-refractivity contribution in [3.63, 3.8) is 0 Å². The van der Waals surface area contributed by atoms with Gasteiger partial charge in [0.1, 0.15) is 0 Å². The molecule has 0 amide bonds. The van der Waals surface area contributed by atoms with Crippen LogP contribution in [0.25, 0.3) is 0 Å². The minimum Gasteiger partial charge on any atom is -0.481 e. The van der Waals surface area contributed by atoms with E-state index in [0.29, 0.717) is 0 Å². The van der Waals surface area contributed by atoms with Crippen LogP contribution >= 0.6 is 0 Å². The summed E-state index contributed by atoms with van der Waals surface area (Å²) in [5, 5.41) is 16.1. The molecular formula is C21H28O4. The van der Waals surface area contributed by atoms with Gasteiger partial charge in [-0.2, -0.15) is 0 Å². The molecule has 2 aromatic rings. The van der Waals surface area contributed by atoms with Crippen molar-refractivity contribution in [3.05, 3.63) is 70.8 Å². The summed E-state index contributed by atoms with van der Waals surface area (Å²) >= 11 is 0. The van der Waals surface area contributed by atoms with Crippen LogP contribution in [0.2, 0.25) is 0 Å². The second-order valence-corrected chi connectivity index (χ2v) is 5.88. The van der Waals surface area contributed by atoms with Gasteiger partial charge in [-0.15, -0.1) is 0 Å². The molecule has 136 valence electrons. The van der Waals surface area contributed by atoms with E-state index in [2.05, 4.69) is 76.2 Å². The summed E-state index contributed by atoms with van der Waals surface area (Å²) < 4.78 is 0. The lowest BCUT2D eigenvalue weighted by molar-refractivity contribution is -0.138. The summed E-state index contributed by atoms with van der Waals surface area (Å²) in [5.74, 6) is -1.90. The third-order valence-corrected chi connectivity index (χ3v) is 3.38. The predicted octanol–water partition coefficient (Wildman–Crippen LogP) is 4.93. The van der Waals surface area contributed by atoms with E-state index in [0.717, 1.165) is 0 Å². The van der Waals surface area contributed by atoms with E-state index in [1.165, 1.54) is 22.3 Å². The SMILES string of the molecule is Cc1cccc(C)c1.Cc1ccccc1C.O=C(O)CCCC(=O)O. The van der Waals surface area contributed by atoms with Crippen LogP contribution in [-0.4, -0.2) is 22.2 Å². The predicted molar refractivity (Wildman–Crippen MR) is 101 cm³/mol. The van der Waals surface area contributed by atoms with E-state index in [-0.39, 0.29) is 19.3 Å². The number of aliphatic carboxylic acids is 2. The fourth-order valence-corrected chi connectivity index (χ4v) is 1.86. The molecule has 2 rings (SSSR count). The Hall–Kier alpha value is -2.62. The summed E-state index contributed by atoms with van der Waals surface area (Å²) in [5.41, 5.74) is 5.41. The first-order valence-corrected chi connectivity index (χ1v) is 8.21. The van der Waals surface area contributed by atoms with Gasteiger partial charge in [-0.25, -0.2) is 0 Å². The highest BCUT2D eigenvalue weighted by atomic mass is 16.4. The molecule has 0 unspecified atom stereocenters. The number of carboxylic acids is 2. The average Bonchev–Trinajstić information content (AvgIpc) is 2.50. The molecule has 2 aromatic carbocycles. The van der Waals surface area contributed by atoms with Gasteiger partial charge in [0.05, 0.1) is 0 Å². The van der Waals surface area contributed by atoms with E-state index in [4.69, 9.17) is 10.2 Å². The normalized spacial score (nSPS) is 9.12. The van der Waals surface area contributed by atoms with E-state index < -0.39 is 11.9 Å². The Bertz CT molecular complexity index is 610. The maximum absolute atomic E-state index is 9.79. The van der Waals surface area contributed by atoms with Gasteiger partial charge in [0, 0.05) is 12.8 Å². The Labute approximate surface area is 150 Å². The van der Waals surface area contributed by atoms with Gasteiger partial charge in [-0.1, -0.05) is 59.7 Å². The van der Waals surface area contributed by atoms with Crippen LogP contribution in [0.1, 0.15) is 41.5 Å². The molecule has 0 aliphatic heterocycles. The second-order valence-electron chi connectivity index (χ2n) is 5.88. The Kier molecular flexibility index (Phi) is 11.4. The molecule has 4 nitrogen and oxygen atoms in total. The minimum absolute atomic E-state index is 0.0632. The van der Waals surface area contributed by atoms with Crippen LogP contribution in [0.3, 0.4) is 0 Å². The first kappa shape index (κ1) is 22.4. The number of carboxylic acid groups (broad SMARTS) is 2. The molecule has 0 aromatic heterocycles. The highest BCUT2D eigenvalue weighted by molar-refractivity contribution is 5.69. The molecule has 0 atom stereocenters. The number of hydrogen-bond acceptors (Lipinski definition) is 2. The summed E-state index contributed by atoms with van der Waals surface area (Å²) in [6.45, 7) is 8.45. The highest BCUT2D eigenvalue weighted by Gasteiger charge is 1.99. The van der Waals surface area contributed by atoms with Crippen LogP contribution in [0.4, 0.5) is 0 Å².